The van der Waals surface area contributed by atoms with Crippen molar-refractivity contribution in [2.24, 2.45) is 0 Å². The van der Waals surface area contributed by atoms with E-state index >= 15 is 0 Å². The fourth-order valence-electron chi connectivity index (χ4n) is 1.75. The highest BCUT2D eigenvalue weighted by Crippen LogP contribution is 2.24. The van der Waals surface area contributed by atoms with Gasteiger partial charge >= 0.3 is 0 Å². The quantitative estimate of drug-likeness (QED) is 0.653. The Balaban J connectivity index is 2.32. The van der Waals surface area contributed by atoms with Gasteiger partial charge in [-0.1, -0.05) is 0 Å². The molecule has 0 fully saturated rings. The summed E-state index contributed by atoms with van der Waals surface area (Å²) in [5.41, 5.74) is 1.45. The molecular weight excluding hydrogens is 292 g/mol. The van der Waals surface area contributed by atoms with E-state index in [1.54, 1.807) is 0 Å². The van der Waals surface area contributed by atoms with Crippen molar-refractivity contribution in [1.29, 1.82) is 0 Å². The Morgan fingerprint density at radius 1 is 1.48 bits per heavy atom. The van der Waals surface area contributed by atoms with Gasteiger partial charge in [0.2, 0.25) is 0 Å². The number of hydrogen-bond acceptors (Lipinski definition) is 6. The number of benzene rings is 1. The Morgan fingerprint density at radius 3 is 2.81 bits per heavy atom. The van der Waals surface area contributed by atoms with Crippen molar-refractivity contribution in [2.75, 3.05) is 17.2 Å². The molecule has 1 aromatic heterocycles. The van der Waals surface area contributed by atoms with Crippen LogP contribution < -0.4 is 10.6 Å². The summed E-state index contributed by atoms with van der Waals surface area (Å²) in [4.78, 5) is 26.8. The summed E-state index contributed by atoms with van der Waals surface area (Å²) in [6.45, 7) is 4.31. The minimum Gasteiger partial charge on any atom is -0.385 e. The molecule has 7 nitrogen and oxygen atoms in total. The molecule has 2 aromatic rings. The average molecular weight is 306 g/mol. The van der Waals surface area contributed by atoms with E-state index in [9.17, 15) is 14.9 Å². The van der Waals surface area contributed by atoms with Crippen LogP contribution in [0, 0.1) is 17.0 Å². The Kier molecular flexibility index (Phi) is 4.49. The van der Waals surface area contributed by atoms with E-state index in [2.05, 4.69) is 15.6 Å². The highest BCUT2D eigenvalue weighted by Gasteiger charge is 2.17. The molecular formula is C13H14N4O3S. The molecule has 0 bridgehead atoms. The lowest BCUT2D eigenvalue weighted by molar-refractivity contribution is -0.384. The summed E-state index contributed by atoms with van der Waals surface area (Å²) in [6, 6.07) is 4.15. The van der Waals surface area contributed by atoms with Gasteiger partial charge in [0.05, 0.1) is 16.2 Å². The molecule has 1 amide bonds. The molecule has 0 aliphatic rings. The molecule has 1 aromatic carbocycles. The second-order valence-electron chi connectivity index (χ2n) is 4.27. The molecule has 0 aliphatic carbocycles. The van der Waals surface area contributed by atoms with Crippen molar-refractivity contribution in [3.63, 3.8) is 0 Å². The summed E-state index contributed by atoms with van der Waals surface area (Å²) in [5, 5.41) is 18.8. The number of amides is 1. The maximum Gasteiger partial charge on any atom is 0.270 e. The van der Waals surface area contributed by atoms with E-state index in [0.717, 1.165) is 5.69 Å². The zero-order chi connectivity index (χ0) is 15.4. The number of nitrogens with one attached hydrogen (secondary N) is 2. The van der Waals surface area contributed by atoms with Crippen LogP contribution in [0.25, 0.3) is 0 Å². The van der Waals surface area contributed by atoms with Gasteiger partial charge in [-0.05, 0) is 19.9 Å². The van der Waals surface area contributed by atoms with Gasteiger partial charge in [-0.25, -0.2) is 4.98 Å². The standard InChI is InChI=1S/C13H14N4O3S/c1-3-14-11-5-4-9(17(19)20)6-10(11)12(18)16-13-15-8(2)7-21-13/h4-7,14H,3H2,1-2H3,(H,15,16,18). The van der Waals surface area contributed by atoms with Crippen LogP contribution in [-0.4, -0.2) is 22.4 Å². The average Bonchev–Trinajstić information content (AvgIpc) is 2.84. The molecule has 110 valence electrons. The van der Waals surface area contributed by atoms with Crippen LogP contribution in [0.4, 0.5) is 16.5 Å². The molecule has 0 atom stereocenters. The first kappa shape index (κ1) is 14.9. The maximum absolute atomic E-state index is 12.3. The maximum atomic E-state index is 12.3. The van der Waals surface area contributed by atoms with Crippen LogP contribution in [0.2, 0.25) is 0 Å². The second-order valence-corrected chi connectivity index (χ2v) is 5.12. The molecule has 0 spiro atoms. The van der Waals surface area contributed by atoms with Gasteiger partial charge in [-0.3, -0.25) is 20.2 Å². The van der Waals surface area contributed by atoms with E-state index in [1.807, 2.05) is 19.2 Å². The van der Waals surface area contributed by atoms with Crippen LogP contribution >= 0.6 is 11.3 Å². The summed E-state index contributed by atoms with van der Waals surface area (Å²) >= 11 is 1.30. The Hall–Kier alpha value is -2.48. The molecule has 0 radical (unpaired) electrons. The van der Waals surface area contributed by atoms with Crippen LogP contribution in [0.5, 0.6) is 0 Å². The lowest BCUT2D eigenvalue weighted by Crippen LogP contribution is -2.15. The fourth-order valence-corrected chi connectivity index (χ4v) is 2.44. The predicted molar refractivity (Wildman–Crippen MR) is 82.1 cm³/mol. The number of hydrogen-bond donors (Lipinski definition) is 2. The highest BCUT2D eigenvalue weighted by atomic mass is 32.1. The molecule has 1 heterocycles. The number of aryl methyl sites for hydroxylation is 1. The van der Waals surface area contributed by atoms with Crippen LogP contribution in [0.15, 0.2) is 23.6 Å². The number of nitrogens with zero attached hydrogens (tertiary/aromatic N) is 2. The minimum absolute atomic E-state index is 0.128. The molecule has 2 N–H and O–H groups in total. The van der Waals surface area contributed by atoms with Crippen LogP contribution in [-0.2, 0) is 0 Å². The van der Waals surface area contributed by atoms with Gasteiger partial charge in [0.1, 0.15) is 0 Å². The first-order valence-electron chi connectivity index (χ1n) is 6.27. The number of nitro groups is 1. The summed E-state index contributed by atoms with van der Waals surface area (Å²) < 4.78 is 0. The summed E-state index contributed by atoms with van der Waals surface area (Å²) in [5.74, 6) is -0.427. The number of non-ortho nitro benzene ring substituents is 1. The van der Waals surface area contributed by atoms with Gasteiger partial charge in [0.15, 0.2) is 5.13 Å². The summed E-state index contributed by atoms with van der Waals surface area (Å²) in [7, 11) is 0. The predicted octanol–water partition coefficient (Wildman–Crippen LogP) is 3.04. The number of thiazole rings is 1. The van der Waals surface area contributed by atoms with E-state index in [4.69, 9.17) is 0 Å². The third-order valence-corrected chi connectivity index (χ3v) is 3.54. The number of anilines is 2. The topological polar surface area (TPSA) is 97.2 Å². The van der Waals surface area contributed by atoms with Gasteiger partial charge < -0.3 is 5.32 Å². The number of nitro benzene ring substituents is 1. The number of rotatable bonds is 5. The molecule has 2 rings (SSSR count). The smallest absolute Gasteiger partial charge is 0.270 e. The van der Waals surface area contributed by atoms with Gasteiger partial charge in [0, 0.05) is 29.7 Å². The normalized spacial score (nSPS) is 10.2. The molecule has 0 unspecified atom stereocenters. The Morgan fingerprint density at radius 2 is 2.24 bits per heavy atom. The molecule has 0 saturated heterocycles. The zero-order valence-electron chi connectivity index (χ0n) is 11.5. The monoisotopic (exact) mass is 306 g/mol. The van der Waals surface area contributed by atoms with Crippen molar-refractivity contribution in [3.05, 3.63) is 45.0 Å². The number of carbonyl (C=O) groups excluding carboxylic acids is 1. The van der Waals surface area contributed by atoms with Gasteiger partial charge in [-0.15, -0.1) is 11.3 Å². The lowest BCUT2D eigenvalue weighted by Gasteiger charge is -2.09. The van der Waals surface area contributed by atoms with Crippen molar-refractivity contribution < 1.29 is 9.72 Å². The minimum atomic E-state index is -0.528. The molecule has 21 heavy (non-hydrogen) atoms. The van der Waals surface area contributed by atoms with E-state index < -0.39 is 10.8 Å². The first-order chi connectivity index (χ1) is 10.0. The number of aromatic nitrogens is 1. The van der Waals surface area contributed by atoms with E-state index in [-0.39, 0.29) is 11.3 Å². The summed E-state index contributed by atoms with van der Waals surface area (Å²) in [6.07, 6.45) is 0. The highest BCUT2D eigenvalue weighted by molar-refractivity contribution is 7.13. The van der Waals surface area contributed by atoms with Crippen molar-refractivity contribution in [3.8, 4) is 0 Å². The Labute approximate surface area is 125 Å². The van der Waals surface area contributed by atoms with Crippen molar-refractivity contribution in [2.45, 2.75) is 13.8 Å². The van der Waals surface area contributed by atoms with Crippen LogP contribution in [0.1, 0.15) is 23.0 Å². The lowest BCUT2D eigenvalue weighted by atomic mass is 10.1. The molecule has 8 heteroatoms. The first-order valence-corrected chi connectivity index (χ1v) is 7.15. The third-order valence-electron chi connectivity index (χ3n) is 2.67. The third kappa shape index (κ3) is 3.54. The van der Waals surface area contributed by atoms with Gasteiger partial charge in [-0.2, -0.15) is 0 Å². The van der Waals surface area contributed by atoms with Crippen molar-refractivity contribution >= 4 is 33.8 Å². The van der Waals surface area contributed by atoms with E-state index in [1.165, 1.54) is 29.5 Å². The zero-order valence-corrected chi connectivity index (χ0v) is 12.4. The molecule has 0 aliphatic heterocycles. The Bertz CT molecular complexity index is 684. The van der Waals surface area contributed by atoms with Crippen LogP contribution in [0.3, 0.4) is 0 Å². The SMILES string of the molecule is CCNc1ccc([N+](=O)[O-])cc1C(=O)Nc1nc(C)cs1. The van der Waals surface area contributed by atoms with E-state index in [0.29, 0.717) is 17.4 Å². The van der Waals surface area contributed by atoms with Crippen molar-refractivity contribution in [1.82, 2.24) is 4.98 Å². The fraction of sp³-hybridized carbons (Fsp3) is 0.231. The molecule has 0 saturated carbocycles. The second kappa shape index (κ2) is 6.31. The van der Waals surface area contributed by atoms with Gasteiger partial charge in [0.25, 0.3) is 11.6 Å². The largest absolute Gasteiger partial charge is 0.385 e. The number of carbonyl (C=O) groups is 1.